The van der Waals surface area contributed by atoms with E-state index in [1.165, 1.54) is 32.1 Å². The van der Waals surface area contributed by atoms with Crippen LogP contribution in [0, 0.1) is 5.92 Å². The molecule has 1 saturated heterocycles. The van der Waals surface area contributed by atoms with Crippen LogP contribution < -0.4 is 0 Å². The fourth-order valence-electron chi connectivity index (χ4n) is 2.10. The largest absolute Gasteiger partial charge is 0.459 e. The van der Waals surface area contributed by atoms with Crippen molar-refractivity contribution in [2.24, 2.45) is 5.92 Å². The van der Waals surface area contributed by atoms with Crippen molar-refractivity contribution in [1.29, 1.82) is 0 Å². The molecule has 2 nitrogen and oxygen atoms in total. The lowest BCUT2D eigenvalue weighted by atomic mass is 10.0. The van der Waals surface area contributed by atoms with E-state index in [4.69, 9.17) is 9.47 Å². The zero-order valence-electron chi connectivity index (χ0n) is 11.1. The molecule has 1 aliphatic heterocycles. The van der Waals surface area contributed by atoms with Gasteiger partial charge in [-0.15, -0.1) is 0 Å². The van der Waals surface area contributed by atoms with Crippen molar-refractivity contribution in [2.75, 3.05) is 6.61 Å². The first kappa shape index (κ1) is 15.3. The van der Waals surface area contributed by atoms with E-state index in [1.807, 2.05) is 0 Å². The van der Waals surface area contributed by atoms with Crippen molar-refractivity contribution in [1.82, 2.24) is 0 Å². The molecule has 100 valence electrons. The van der Waals surface area contributed by atoms with E-state index in [9.17, 15) is 0 Å². The van der Waals surface area contributed by atoms with Gasteiger partial charge in [-0.1, -0.05) is 26.7 Å². The van der Waals surface area contributed by atoms with Gasteiger partial charge >= 0.3 is 0 Å². The Morgan fingerprint density at radius 3 is 2.94 bits per heavy atom. The Bertz CT molecular complexity index is 222. The third kappa shape index (κ3) is 7.29. The molecular weight excluding hydrogens is 327 g/mol. The van der Waals surface area contributed by atoms with Crippen molar-refractivity contribution in [2.45, 2.75) is 65.1 Å². The lowest BCUT2D eigenvalue weighted by molar-refractivity contribution is -0.131. The Morgan fingerprint density at radius 1 is 1.47 bits per heavy atom. The van der Waals surface area contributed by atoms with Crippen LogP contribution in [0.4, 0.5) is 0 Å². The molecule has 0 aliphatic carbocycles. The molecule has 17 heavy (non-hydrogen) atoms. The molecule has 1 fully saturated rings. The Balaban J connectivity index is 2.15. The Morgan fingerprint density at radius 2 is 2.29 bits per heavy atom. The van der Waals surface area contributed by atoms with Gasteiger partial charge in [0.1, 0.15) is 0 Å². The number of hydrogen-bond donors (Lipinski definition) is 0. The lowest BCUT2D eigenvalue weighted by Crippen LogP contribution is -2.21. The topological polar surface area (TPSA) is 18.5 Å². The summed E-state index contributed by atoms with van der Waals surface area (Å²) in [5.41, 5.74) is 0. The Hall–Kier alpha value is 0.230. The SMILES string of the molecule is CCCC(C)CC/C=C(/I)OC1CCCCO1. The molecule has 2 unspecified atom stereocenters. The highest BCUT2D eigenvalue weighted by atomic mass is 127. The van der Waals surface area contributed by atoms with E-state index in [2.05, 4.69) is 42.5 Å². The second-order valence-corrected chi connectivity index (χ2v) is 5.96. The van der Waals surface area contributed by atoms with E-state index in [-0.39, 0.29) is 6.29 Å². The fraction of sp³-hybridized carbons (Fsp3) is 0.857. The van der Waals surface area contributed by atoms with Crippen LogP contribution in [0.15, 0.2) is 9.84 Å². The van der Waals surface area contributed by atoms with Gasteiger partial charge in [0, 0.05) is 6.42 Å². The predicted molar refractivity (Wildman–Crippen MR) is 80.1 cm³/mol. The molecule has 0 aromatic heterocycles. The quantitative estimate of drug-likeness (QED) is 0.473. The molecule has 0 amide bonds. The Labute approximate surface area is 119 Å². The first-order chi connectivity index (χ1) is 8.22. The summed E-state index contributed by atoms with van der Waals surface area (Å²) in [7, 11) is 0. The molecule has 1 heterocycles. The van der Waals surface area contributed by atoms with Gasteiger partial charge in [0.05, 0.1) is 6.61 Å². The molecule has 1 aliphatic rings. The van der Waals surface area contributed by atoms with Crippen LogP contribution >= 0.6 is 22.6 Å². The fourth-order valence-corrected chi connectivity index (χ4v) is 2.69. The van der Waals surface area contributed by atoms with Gasteiger partial charge in [0.2, 0.25) is 0 Å². The van der Waals surface area contributed by atoms with Crippen molar-refractivity contribution in [3.8, 4) is 0 Å². The summed E-state index contributed by atoms with van der Waals surface area (Å²) in [5.74, 6) is 0.825. The van der Waals surface area contributed by atoms with Gasteiger partial charge in [-0.25, -0.2) is 0 Å². The third-order valence-electron chi connectivity index (χ3n) is 3.13. The molecule has 0 bridgehead atoms. The van der Waals surface area contributed by atoms with Crippen LogP contribution in [0.3, 0.4) is 0 Å². The average molecular weight is 352 g/mol. The zero-order valence-corrected chi connectivity index (χ0v) is 13.2. The maximum absolute atomic E-state index is 5.76. The number of rotatable bonds is 7. The molecule has 2 atom stereocenters. The first-order valence-electron chi connectivity index (χ1n) is 6.86. The first-order valence-corrected chi connectivity index (χ1v) is 7.94. The highest BCUT2D eigenvalue weighted by molar-refractivity contribution is 14.1. The number of halogens is 1. The van der Waals surface area contributed by atoms with Crippen molar-refractivity contribution in [3.05, 3.63) is 9.84 Å². The minimum absolute atomic E-state index is 0.0000322. The summed E-state index contributed by atoms with van der Waals surface area (Å²) in [6.07, 6.45) is 10.6. The summed E-state index contributed by atoms with van der Waals surface area (Å²) < 4.78 is 12.3. The van der Waals surface area contributed by atoms with Crippen molar-refractivity contribution < 1.29 is 9.47 Å². The monoisotopic (exact) mass is 352 g/mol. The molecular formula is C14H25IO2. The van der Waals surface area contributed by atoms with E-state index in [0.29, 0.717) is 0 Å². The van der Waals surface area contributed by atoms with E-state index in [0.717, 1.165) is 29.1 Å². The predicted octanol–water partition coefficient (Wildman–Crippen LogP) is 5.02. The second kappa shape index (κ2) is 9.20. The van der Waals surface area contributed by atoms with Gasteiger partial charge in [-0.05, 0) is 60.3 Å². The van der Waals surface area contributed by atoms with E-state index in [1.54, 1.807) is 0 Å². The molecule has 3 heteroatoms. The van der Waals surface area contributed by atoms with Crippen molar-refractivity contribution >= 4 is 22.6 Å². The lowest BCUT2D eigenvalue weighted by Gasteiger charge is -2.23. The van der Waals surface area contributed by atoms with E-state index >= 15 is 0 Å². The van der Waals surface area contributed by atoms with Gasteiger partial charge < -0.3 is 9.47 Å². The third-order valence-corrected chi connectivity index (χ3v) is 3.82. The summed E-state index contributed by atoms with van der Waals surface area (Å²) in [6.45, 7) is 5.43. The molecule has 0 aromatic carbocycles. The van der Waals surface area contributed by atoms with Crippen LogP contribution in [0.5, 0.6) is 0 Å². The number of ether oxygens (including phenoxy) is 2. The number of allylic oxidation sites excluding steroid dienone is 1. The normalized spacial score (nSPS) is 23.5. The average Bonchev–Trinajstić information content (AvgIpc) is 2.30. The van der Waals surface area contributed by atoms with Crippen LogP contribution in [0.25, 0.3) is 0 Å². The minimum Gasteiger partial charge on any atom is -0.459 e. The summed E-state index contributed by atoms with van der Waals surface area (Å²) in [4.78, 5) is 0. The van der Waals surface area contributed by atoms with Crippen molar-refractivity contribution in [3.63, 3.8) is 0 Å². The maximum atomic E-state index is 5.76. The highest BCUT2D eigenvalue weighted by Crippen LogP contribution is 2.21. The Kier molecular flexibility index (Phi) is 8.27. The zero-order chi connectivity index (χ0) is 12.5. The highest BCUT2D eigenvalue weighted by Gasteiger charge is 2.15. The second-order valence-electron chi connectivity index (χ2n) is 4.89. The van der Waals surface area contributed by atoms with E-state index < -0.39 is 0 Å². The standard InChI is InChI=1S/C14H25IO2/c1-3-7-12(2)8-6-9-13(15)17-14-10-4-5-11-16-14/h9,12,14H,3-8,10-11H2,1-2H3/b13-9-. The maximum Gasteiger partial charge on any atom is 0.200 e. The van der Waals surface area contributed by atoms with Gasteiger partial charge in [-0.2, -0.15) is 0 Å². The molecule has 0 spiro atoms. The van der Waals surface area contributed by atoms with Gasteiger partial charge in [0.15, 0.2) is 10.1 Å². The van der Waals surface area contributed by atoms with Crippen LogP contribution in [0.2, 0.25) is 0 Å². The molecule has 0 saturated carbocycles. The molecule has 0 radical (unpaired) electrons. The number of hydrogen-bond acceptors (Lipinski definition) is 2. The summed E-state index contributed by atoms with van der Waals surface area (Å²) in [6, 6.07) is 0. The molecule has 0 aromatic rings. The minimum atomic E-state index is -0.0000322. The van der Waals surface area contributed by atoms with Crippen LogP contribution in [-0.4, -0.2) is 12.9 Å². The smallest absolute Gasteiger partial charge is 0.200 e. The van der Waals surface area contributed by atoms with Crippen LogP contribution in [-0.2, 0) is 9.47 Å². The summed E-state index contributed by atoms with van der Waals surface area (Å²) in [5, 5.41) is 0. The van der Waals surface area contributed by atoms with Gasteiger partial charge in [0.25, 0.3) is 0 Å². The van der Waals surface area contributed by atoms with Gasteiger partial charge in [-0.3, -0.25) is 0 Å². The molecule has 0 N–H and O–H groups in total. The summed E-state index contributed by atoms with van der Waals surface area (Å²) >= 11 is 2.27. The molecule has 1 rings (SSSR count). The van der Waals surface area contributed by atoms with Crippen LogP contribution in [0.1, 0.15) is 58.8 Å².